The number of nitrogens with zero attached hydrogens (tertiary/aromatic N) is 2. The van der Waals surface area contributed by atoms with E-state index in [9.17, 15) is 4.21 Å². The Morgan fingerprint density at radius 2 is 1.76 bits per heavy atom. The number of halogens is 1. The molecule has 3 rings (SSSR count). The first kappa shape index (κ1) is 20.1. The summed E-state index contributed by atoms with van der Waals surface area (Å²) in [6.45, 7) is 5.89. The van der Waals surface area contributed by atoms with Crippen LogP contribution in [0.15, 0.2) is 66.1 Å². The van der Waals surface area contributed by atoms with E-state index in [2.05, 4.69) is 11.7 Å². The van der Waals surface area contributed by atoms with Crippen LogP contribution in [0.2, 0.25) is 5.15 Å². The second-order valence-electron chi connectivity index (χ2n) is 5.36. The summed E-state index contributed by atoms with van der Waals surface area (Å²) in [5.74, 6) is 0. The van der Waals surface area contributed by atoms with Crippen LogP contribution >= 0.6 is 11.6 Å². The fourth-order valence-corrected chi connectivity index (χ4v) is 2.93. The van der Waals surface area contributed by atoms with Gasteiger partial charge >= 0.3 is 29.6 Å². The Bertz CT molecular complexity index is 846. The summed E-state index contributed by atoms with van der Waals surface area (Å²) >= 11 is 4.10. The summed E-state index contributed by atoms with van der Waals surface area (Å²) < 4.78 is 22.0. The second-order valence-corrected chi connectivity index (χ2v) is 6.72. The van der Waals surface area contributed by atoms with Crippen LogP contribution in [0.1, 0.15) is 12.5 Å². The van der Waals surface area contributed by atoms with Crippen LogP contribution in [0, 0.1) is 0 Å². The van der Waals surface area contributed by atoms with Gasteiger partial charge in [0, 0.05) is 11.6 Å². The average molecular weight is 383 g/mol. The predicted molar refractivity (Wildman–Crippen MR) is 105 cm³/mol. The van der Waals surface area contributed by atoms with Crippen molar-refractivity contribution < 1.29 is 8.76 Å². The van der Waals surface area contributed by atoms with Crippen LogP contribution in [0.25, 0.3) is 22.5 Å². The van der Waals surface area contributed by atoms with Crippen molar-refractivity contribution in [2.24, 2.45) is 0 Å². The van der Waals surface area contributed by atoms with Gasteiger partial charge < -0.3 is 4.55 Å². The van der Waals surface area contributed by atoms with Gasteiger partial charge in [-0.3, -0.25) is 0 Å². The number of rotatable bonds is 4. The van der Waals surface area contributed by atoms with Crippen molar-refractivity contribution in [2.45, 2.75) is 11.8 Å². The molecule has 124 valence electrons. The van der Waals surface area contributed by atoms with Crippen molar-refractivity contribution in [1.82, 2.24) is 9.78 Å². The van der Waals surface area contributed by atoms with E-state index in [0.29, 0.717) is 10.0 Å². The molecule has 4 nitrogen and oxygen atoms in total. The first-order valence-electron chi connectivity index (χ1n) is 7.19. The summed E-state index contributed by atoms with van der Waals surface area (Å²) in [6.07, 6.45) is 0. The van der Waals surface area contributed by atoms with E-state index in [0.717, 1.165) is 28.1 Å². The molecular weight excluding hydrogens is 367 g/mol. The van der Waals surface area contributed by atoms with Crippen LogP contribution in [0.4, 0.5) is 0 Å². The normalized spacial score (nSPS) is 11.6. The fraction of sp³-hybridized carbons (Fsp3) is 0.0556. The fourth-order valence-electron chi connectivity index (χ4n) is 2.38. The first-order chi connectivity index (χ1) is 11.5. The minimum absolute atomic E-state index is 0. The third-order valence-electron chi connectivity index (χ3n) is 3.64. The quantitative estimate of drug-likeness (QED) is 0.544. The third kappa shape index (κ3) is 4.50. The van der Waals surface area contributed by atoms with Crippen molar-refractivity contribution in [3.63, 3.8) is 0 Å². The Kier molecular flexibility index (Phi) is 6.79. The Balaban J connectivity index is 0.00000225. The summed E-state index contributed by atoms with van der Waals surface area (Å²) in [5, 5.41) is 4.72. The van der Waals surface area contributed by atoms with E-state index >= 15 is 0 Å². The van der Waals surface area contributed by atoms with E-state index in [4.69, 9.17) is 16.2 Å². The van der Waals surface area contributed by atoms with Gasteiger partial charge in [0.1, 0.15) is 0 Å². The molecule has 0 radical (unpaired) electrons. The number of benzene rings is 2. The molecule has 7 heteroatoms. The Hall–Kier alpha value is -1.21. The molecule has 1 N–H and O–H groups in total. The Morgan fingerprint density at radius 1 is 1.16 bits per heavy atom. The van der Waals surface area contributed by atoms with Gasteiger partial charge in [-0.15, -0.1) is 0 Å². The van der Waals surface area contributed by atoms with Gasteiger partial charge in [-0.2, -0.15) is 5.10 Å². The van der Waals surface area contributed by atoms with E-state index in [1.807, 2.05) is 31.2 Å². The summed E-state index contributed by atoms with van der Waals surface area (Å²) in [4.78, 5) is 0.349. The zero-order chi connectivity index (χ0) is 17.3. The molecule has 0 saturated heterocycles. The molecule has 1 unspecified atom stereocenters. The molecule has 25 heavy (non-hydrogen) atoms. The van der Waals surface area contributed by atoms with Crippen molar-refractivity contribution >= 4 is 57.8 Å². The van der Waals surface area contributed by atoms with Gasteiger partial charge in [0.2, 0.25) is 0 Å². The van der Waals surface area contributed by atoms with Crippen molar-refractivity contribution in [3.8, 4) is 16.9 Å². The van der Waals surface area contributed by atoms with Gasteiger partial charge in [0.25, 0.3) is 0 Å². The number of hydrogen-bond donors (Lipinski definition) is 1. The van der Waals surface area contributed by atoms with Crippen LogP contribution in [0.5, 0.6) is 0 Å². The number of allylic oxidation sites excluding steroid dienone is 1. The molecule has 0 aliphatic rings. The van der Waals surface area contributed by atoms with Gasteiger partial charge in [-0.05, 0) is 36.8 Å². The minimum atomic E-state index is -1.99. The van der Waals surface area contributed by atoms with Gasteiger partial charge in [0.05, 0.1) is 16.3 Å². The molecule has 0 saturated carbocycles. The predicted octanol–water partition coefficient (Wildman–Crippen LogP) is 4.16. The monoisotopic (exact) mass is 382 g/mol. The van der Waals surface area contributed by atoms with E-state index < -0.39 is 11.1 Å². The van der Waals surface area contributed by atoms with Crippen molar-refractivity contribution in [2.75, 3.05) is 0 Å². The molecule has 1 atom stereocenters. The van der Waals surface area contributed by atoms with Crippen LogP contribution < -0.4 is 0 Å². The Labute approximate surface area is 176 Å². The molecule has 1 aromatic heterocycles. The molecule has 0 amide bonds. The zero-order valence-corrected chi connectivity index (χ0v) is 14.5. The zero-order valence-electron chi connectivity index (χ0n) is 12.9. The molecule has 0 fully saturated rings. The molecule has 0 spiro atoms. The van der Waals surface area contributed by atoms with Crippen LogP contribution in [-0.2, 0) is 11.1 Å². The Morgan fingerprint density at radius 3 is 2.28 bits per heavy atom. The standard InChI is InChI=1S/C18H15ClN2O2S.Na.H/c1-12(2)13-3-7-15(8-4-13)21-17(11-18(19)20-21)14-5-9-16(10-6-14)24(22)23;;/h3-11H,1H2,2H3,(H,22,23);;. The molecule has 3 aromatic rings. The molecule has 0 aliphatic carbocycles. The van der Waals surface area contributed by atoms with E-state index in [1.54, 1.807) is 35.0 Å². The first-order valence-corrected chi connectivity index (χ1v) is 8.67. The molecule has 0 aliphatic heterocycles. The topological polar surface area (TPSA) is 55.1 Å². The number of aromatic nitrogens is 2. The maximum atomic E-state index is 11.1. The summed E-state index contributed by atoms with van der Waals surface area (Å²) in [6, 6.07) is 16.4. The summed E-state index contributed by atoms with van der Waals surface area (Å²) in [5.41, 5.74) is 4.59. The molecule has 1 heterocycles. The van der Waals surface area contributed by atoms with Crippen molar-refractivity contribution in [1.29, 1.82) is 0 Å². The van der Waals surface area contributed by atoms with Gasteiger partial charge in [0.15, 0.2) is 16.2 Å². The number of hydrogen-bond acceptors (Lipinski definition) is 2. The molecule has 2 aromatic carbocycles. The SMILES string of the molecule is C=C(C)c1ccc(-n2nc(Cl)cc2-c2ccc(S(=O)O)cc2)cc1.[NaH]. The van der Waals surface area contributed by atoms with Gasteiger partial charge in [-0.25, -0.2) is 8.89 Å². The van der Waals surface area contributed by atoms with Crippen LogP contribution in [-0.4, -0.2) is 48.1 Å². The van der Waals surface area contributed by atoms with Crippen molar-refractivity contribution in [3.05, 3.63) is 71.9 Å². The van der Waals surface area contributed by atoms with Crippen LogP contribution in [0.3, 0.4) is 0 Å². The van der Waals surface area contributed by atoms with E-state index in [-0.39, 0.29) is 29.6 Å². The van der Waals surface area contributed by atoms with Gasteiger partial charge in [-0.1, -0.05) is 48.0 Å². The summed E-state index contributed by atoms with van der Waals surface area (Å²) in [7, 11) is 0. The maximum absolute atomic E-state index is 11.1. The third-order valence-corrected chi connectivity index (χ3v) is 4.50. The molecule has 0 bridgehead atoms. The second kappa shape index (κ2) is 8.45. The molecular formula is C18H16ClN2NaO2S. The average Bonchev–Trinajstić information content (AvgIpc) is 2.97. The van der Waals surface area contributed by atoms with E-state index in [1.165, 1.54) is 0 Å².